The molecule has 2 aromatic heterocycles. The minimum Gasteiger partial charge on any atom is -0.392 e. The Morgan fingerprint density at radius 1 is 1.26 bits per heavy atom. The second-order valence-electron chi connectivity index (χ2n) is 8.28. The van der Waals surface area contributed by atoms with Crippen LogP contribution in [0.15, 0.2) is 35.7 Å². The predicted octanol–water partition coefficient (Wildman–Crippen LogP) is 3.11. The van der Waals surface area contributed by atoms with Crippen molar-refractivity contribution in [3.8, 4) is 6.07 Å². The van der Waals surface area contributed by atoms with E-state index in [1.165, 1.54) is 11.3 Å². The highest BCUT2D eigenvalue weighted by molar-refractivity contribution is 7.14. The van der Waals surface area contributed by atoms with Gasteiger partial charge in [0.25, 0.3) is 5.91 Å². The zero-order chi connectivity index (χ0) is 23.9. The molecule has 3 heterocycles. The molecule has 10 heteroatoms. The van der Waals surface area contributed by atoms with Gasteiger partial charge in [0.15, 0.2) is 5.13 Å². The molecule has 1 saturated heterocycles. The van der Waals surface area contributed by atoms with E-state index in [2.05, 4.69) is 36.6 Å². The number of aromatic nitrogens is 3. The summed E-state index contributed by atoms with van der Waals surface area (Å²) >= 11 is 1.34. The van der Waals surface area contributed by atoms with Gasteiger partial charge in [-0.25, -0.2) is 15.0 Å². The quantitative estimate of drug-likeness (QED) is 0.422. The number of carbonyl (C=O) groups excluding carboxylic acids is 1. The topological polar surface area (TPSA) is 127 Å². The number of hydrogen-bond donors (Lipinski definition) is 3. The number of hydrogen-bond acceptors (Lipinski definition) is 9. The smallest absolute Gasteiger partial charge is 0.271 e. The first-order valence-electron chi connectivity index (χ1n) is 11.2. The van der Waals surface area contributed by atoms with Gasteiger partial charge in [0, 0.05) is 30.5 Å². The number of aliphatic hydroxyl groups excluding tert-OH is 1. The Balaban J connectivity index is 1.38. The molecular weight excluding hydrogens is 450 g/mol. The van der Waals surface area contributed by atoms with Crippen molar-refractivity contribution in [2.45, 2.75) is 38.8 Å². The Morgan fingerprint density at radius 3 is 2.82 bits per heavy atom. The summed E-state index contributed by atoms with van der Waals surface area (Å²) in [6.45, 7) is 4.42. The molecule has 4 rings (SSSR count). The average molecular weight is 478 g/mol. The highest BCUT2D eigenvalue weighted by Crippen LogP contribution is 2.28. The van der Waals surface area contributed by atoms with Crippen molar-refractivity contribution in [1.29, 1.82) is 5.26 Å². The van der Waals surface area contributed by atoms with Crippen molar-refractivity contribution in [2.24, 2.45) is 0 Å². The fourth-order valence-electron chi connectivity index (χ4n) is 3.98. The summed E-state index contributed by atoms with van der Waals surface area (Å²) in [7, 11) is 0. The van der Waals surface area contributed by atoms with Crippen LogP contribution in [0.25, 0.3) is 0 Å². The van der Waals surface area contributed by atoms with Gasteiger partial charge in [-0.15, -0.1) is 11.3 Å². The summed E-state index contributed by atoms with van der Waals surface area (Å²) in [5.74, 6) is 1.31. The van der Waals surface area contributed by atoms with Crippen LogP contribution in [0, 0.1) is 18.3 Å². The number of likely N-dealkylation sites (tertiary alicyclic amines) is 1. The van der Waals surface area contributed by atoms with Gasteiger partial charge in [-0.3, -0.25) is 9.69 Å². The number of amides is 1. The van der Waals surface area contributed by atoms with Crippen molar-refractivity contribution >= 4 is 28.2 Å². The van der Waals surface area contributed by atoms with Crippen molar-refractivity contribution in [3.63, 3.8) is 0 Å². The predicted molar refractivity (Wildman–Crippen MR) is 130 cm³/mol. The Morgan fingerprint density at radius 2 is 2.06 bits per heavy atom. The normalized spacial score (nSPS) is 16.1. The standard InChI is InChI=1S/C24H27N7O2S/c1-16-27-20(19-3-2-9-31(13-19)10-8-25)11-22(28-16)30-24-29-21(15-34-24)23(33)26-12-17-4-6-18(14-32)7-5-17/h4-7,11,15,19,32H,2-3,9-10,12-14H2,1H3,(H,26,33)(H,27,28,29,30). The highest BCUT2D eigenvalue weighted by atomic mass is 32.1. The summed E-state index contributed by atoms with van der Waals surface area (Å²) in [5.41, 5.74) is 3.07. The molecule has 9 nitrogen and oxygen atoms in total. The second-order valence-corrected chi connectivity index (χ2v) is 9.14. The van der Waals surface area contributed by atoms with Gasteiger partial charge in [-0.05, 0) is 37.4 Å². The molecular formula is C24H27N7O2S. The Labute approximate surface area is 202 Å². The van der Waals surface area contributed by atoms with Gasteiger partial charge in [0.2, 0.25) is 0 Å². The van der Waals surface area contributed by atoms with Gasteiger partial charge in [-0.2, -0.15) is 5.26 Å². The van der Waals surface area contributed by atoms with Crippen molar-refractivity contribution < 1.29 is 9.90 Å². The first-order chi connectivity index (χ1) is 16.5. The van der Waals surface area contributed by atoms with Crippen LogP contribution in [-0.4, -0.2) is 50.5 Å². The van der Waals surface area contributed by atoms with Crippen molar-refractivity contribution in [1.82, 2.24) is 25.2 Å². The number of nitrogens with one attached hydrogen (secondary N) is 2. The third kappa shape index (κ3) is 6.14. The van der Waals surface area contributed by atoms with E-state index >= 15 is 0 Å². The molecule has 3 N–H and O–H groups in total. The third-order valence-corrected chi connectivity index (χ3v) is 6.46. The van der Waals surface area contributed by atoms with Gasteiger partial charge >= 0.3 is 0 Å². The molecule has 0 saturated carbocycles. The molecule has 0 radical (unpaired) electrons. The summed E-state index contributed by atoms with van der Waals surface area (Å²) in [5, 5.41) is 26.5. The number of anilines is 2. The molecule has 3 aromatic rings. The minimum atomic E-state index is -0.255. The lowest BCUT2D eigenvalue weighted by molar-refractivity contribution is 0.0946. The molecule has 34 heavy (non-hydrogen) atoms. The molecule has 176 valence electrons. The average Bonchev–Trinajstić information content (AvgIpc) is 3.31. The number of carbonyl (C=O) groups is 1. The Kier molecular flexibility index (Phi) is 7.80. The SMILES string of the molecule is Cc1nc(Nc2nc(C(=O)NCc3ccc(CO)cc3)cs2)cc(C2CCCN(CC#N)C2)n1. The van der Waals surface area contributed by atoms with Crippen LogP contribution < -0.4 is 10.6 Å². The number of piperidine rings is 1. The van der Waals surface area contributed by atoms with Gasteiger partial charge in [0.1, 0.15) is 17.3 Å². The number of rotatable bonds is 8. The number of thiazole rings is 1. The highest BCUT2D eigenvalue weighted by Gasteiger charge is 2.23. The van der Waals surface area contributed by atoms with E-state index < -0.39 is 0 Å². The lowest BCUT2D eigenvalue weighted by Crippen LogP contribution is -2.35. The molecule has 1 aliphatic rings. The summed E-state index contributed by atoms with van der Waals surface area (Å²) in [4.78, 5) is 28.2. The summed E-state index contributed by atoms with van der Waals surface area (Å²) in [6, 6.07) is 11.6. The maximum absolute atomic E-state index is 12.5. The van der Waals surface area contributed by atoms with Crippen LogP contribution in [0.1, 0.15) is 51.9 Å². The van der Waals surface area contributed by atoms with E-state index in [1.807, 2.05) is 37.3 Å². The number of nitrogens with zero attached hydrogens (tertiary/aromatic N) is 5. The van der Waals surface area contributed by atoms with E-state index in [-0.39, 0.29) is 18.4 Å². The molecule has 1 fully saturated rings. The van der Waals surface area contributed by atoms with Gasteiger partial charge in [-0.1, -0.05) is 24.3 Å². The maximum atomic E-state index is 12.5. The zero-order valence-electron chi connectivity index (χ0n) is 19.0. The van der Waals surface area contributed by atoms with E-state index in [9.17, 15) is 4.79 Å². The molecule has 1 unspecified atom stereocenters. The molecule has 1 aromatic carbocycles. The minimum absolute atomic E-state index is 0.00507. The van der Waals surface area contributed by atoms with Crippen molar-refractivity contribution in [2.75, 3.05) is 25.0 Å². The number of aliphatic hydroxyl groups is 1. The van der Waals surface area contributed by atoms with Crippen LogP contribution in [0.5, 0.6) is 0 Å². The maximum Gasteiger partial charge on any atom is 0.271 e. The second kappa shape index (κ2) is 11.2. The number of benzene rings is 1. The van der Waals surface area contributed by atoms with Crippen LogP contribution in [-0.2, 0) is 13.2 Å². The Hall–Kier alpha value is -3.39. The zero-order valence-corrected chi connectivity index (χ0v) is 19.8. The molecule has 1 amide bonds. The summed E-state index contributed by atoms with van der Waals surface area (Å²) < 4.78 is 0. The van der Waals surface area contributed by atoms with E-state index in [1.54, 1.807) is 5.38 Å². The lowest BCUT2D eigenvalue weighted by atomic mass is 9.94. The fourth-order valence-corrected chi connectivity index (χ4v) is 4.68. The van der Waals surface area contributed by atoms with E-state index in [0.29, 0.717) is 35.6 Å². The van der Waals surface area contributed by atoms with Crippen LogP contribution in [0.4, 0.5) is 10.9 Å². The molecule has 1 aliphatic heterocycles. The fraction of sp³-hybridized carbons (Fsp3) is 0.375. The van der Waals surface area contributed by atoms with Crippen LogP contribution in [0.3, 0.4) is 0 Å². The van der Waals surface area contributed by atoms with Crippen LogP contribution in [0.2, 0.25) is 0 Å². The number of aryl methyl sites for hydroxylation is 1. The first kappa shape index (κ1) is 23.8. The summed E-state index contributed by atoms with van der Waals surface area (Å²) in [6.07, 6.45) is 2.07. The van der Waals surface area contributed by atoms with E-state index in [0.717, 1.165) is 42.8 Å². The largest absolute Gasteiger partial charge is 0.392 e. The molecule has 0 bridgehead atoms. The van der Waals surface area contributed by atoms with Crippen molar-refractivity contribution in [3.05, 3.63) is 64.1 Å². The first-order valence-corrected chi connectivity index (χ1v) is 12.1. The van der Waals surface area contributed by atoms with Gasteiger partial charge in [0.05, 0.1) is 24.9 Å². The van der Waals surface area contributed by atoms with Gasteiger partial charge < -0.3 is 15.7 Å². The molecule has 0 aliphatic carbocycles. The molecule has 0 spiro atoms. The molecule has 1 atom stereocenters. The van der Waals surface area contributed by atoms with Crippen LogP contribution >= 0.6 is 11.3 Å². The Bertz CT molecular complexity index is 1170. The lowest BCUT2D eigenvalue weighted by Gasteiger charge is -2.30. The third-order valence-electron chi connectivity index (χ3n) is 5.71. The monoisotopic (exact) mass is 477 g/mol. The number of nitriles is 1. The van der Waals surface area contributed by atoms with E-state index in [4.69, 9.17) is 10.4 Å².